The van der Waals surface area contributed by atoms with Gasteiger partial charge in [0.1, 0.15) is 5.75 Å². The molecule has 0 atom stereocenters. The van der Waals surface area contributed by atoms with E-state index in [0.717, 1.165) is 10.0 Å². The smallest absolute Gasteiger partial charge is 0.192 e. The summed E-state index contributed by atoms with van der Waals surface area (Å²) in [6.45, 7) is 0.434. The fourth-order valence-corrected chi connectivity index (χ4v) is 2.84. The standard InChI is InChI=1S/C18H15BrO4/c1-22-16-5-2-11(9-15(16)20)8-12-6-7-23-17-10-13(19)3-4-14(17)18(12)21/h2-5,8-10,20H,6-7H2,1H3/b12-8+. The van der Waals surface area contributed by atoms with E-state index >= 15 is 0 Å². The molecule has 0 radical (unpaired) electrons. The van der Waals surface area contributed by atoms with E-state index < -0.39 is 0 Å². The molecule has 0 amide bonds. The Labute approximate surface area is 142 Å². The number of hydrogen-bond donors (Lipinski definition) is 1. The SMILES string of the molecule is COc1ccc(/C=C2\CCOc3cc(Br)ccc3C2=O)cc1O. The summed E-state index contributed by atoms with van der Waals surface area (Å²) in [5.41, 5.74) is 1.94. The van der Waals surface area contributed by atoms with Crippen LogP contribution in [0, 0.1) is 0 Å². The molecule has 5 heteroatoms. The number of phenolic OH excluding ortho intramolecular Hbond substituents is 1. The van der Waals surface area contributed by atoms with E-state index in [2.05, 4.69) is 15.9 Å². The molecule has 0 saturated heterocycles. The molecule has 0 fully saturated rings. The highest BCUT2D eigenvalue weighted by Crippen LogP contribution is 2.32. The molecular formula is C18H15BrO4. The Morgan fingerprint density at radius 1 is 1.26 bits per heavy atom. The number of methoxy groups -OCH3 is 1. The molecule has 0 aromatic heterocycles. The Hall–Kier alpha value is -2.27. The number of hydrogen-bond acceptors (Lipinski definition) is 4. The number of benzene rings is 2. The van der Waals surface area contributed by atoms with Crippen LogP contribution in [0.1, 0.15) is 22.3 Å². The molecule has 118 valence electrons. The predicted molar refractivity (Wildman–Crippen MR) is 91.2 cm³/mol. The highest BCUT2D eigenvalue weighted by molar-refractivity contribution is 9.10. The minimum absolute atomic E-state index is 0.0449. The number of carbonyl (C=O) groups is 1. The molecule has 0 bridgehead atoms. The van der Waals surface area contributed by atoms with Crippen molar-refractivity contribution < 1.29 is 19.4 Å². The van der Waals surface area contributed by atoms with Gasteiger partial charge in [-0.05, 0) is 42.0 Å². The van der Waals surface area contributed by atoms with Gasteiger partial charge < -0.3 is 14.6 Å². The van der Waals surface area contributed by atoms with Crippen LogP contribution in [0.2, 0.25) is 0 Å². The lowest BCUT2D eigenvalue weighted by Gasteiger charge is -2.06. The van der Waals surface area contributed by atoms with Crippen molar-refractivity contribution in [3.05, 3.63) is 57.6 Å². The second kappa shape index (κ2) is 6.46. The third kappa shape index (κ3) is 3.24. The molecule has 0 unspecified atom stereocenters. The van der Waals surface area contributed by atoms with Crippen LogP contribution in [0.4, 0.5) is 0 Å². The van der Waals surface area contributed by atoms with Crippen molar-refractivity contribution in [2.45, 2.75) is 6.42 Å². The van der Waals surface area contributed by atoms with Crippen LogP contribution in [-0.2, 0) is 0 Å². The summed E-state index contributed by atoms with van der Waals surface area (Å²) in [6.07, 6.45) is 2.29. The highest BCUT2D eigenvalue weighted by Gasteiger charge is 2.21. The number of Topliss-reactive ketones (excluding diaryl/α,β-unsaturated/α-hetero) is 1. The molecule has 2 aromatic rings. The summed E-state index contributed by atoms with van der Waals surface area (Å²) >= 11 is 3.38. The highest BCUT2D eigenvalue weighted by atomic mass is 79.9. The van der Waals surface area contributed by atoms with E-state index in [4.69, 9.17) is 9.47 Å². The van der Waals surface area contributed by atoms with Crippen molar-refractivity contribution in [2.75, 3.05) is 13.7 Å². The summed E-state index contributed by atoms with van der Waals surface area (Å²) in [7, 11) is 1.49. The zero-order chi connectivity index (χ0) is 16.4. The third-order valence-electron chi connectivity index (χ3n) is 3.65. The second-order valence-electron chi connectivity index (χ2n) is 5.17. The van der Waals surface area contributed by atoms with Crippen LogP contribution in [-0.4, -0.2) is 24.6 Å². The summed E-state index contributed by atoms with van der Waals surface area (Å²) in [6, 6.07) is 10.4. The van der Waals surface area contributed by atoms with Gasteiger partial charge >= 0.3 is 0 Å². The summed E-state index contributed by atoms with van der Waals surface area (Å²) < 4.78 is 11.6. The largest absolute Gasteiger partial charge is 0.504 e. The van der Waals surface area contributed by atoms with Gasteiger partial charge in [0.25, 0.3) is 0 Å². The first kappa shape index (κ1) is 15.6. The fraction of sp³-hybridized carbons (Fsp3) is 0.167. The van der Waals surface area contributed by atoms with Gasteiger partial charge in [0.05, 0.1) is 19.3 Å². The van der Waals surface area contributed by atoms with Gasteiger partial charge in [-0.3, -0.25) is 4.79 Å². The quantitative estimate of drug-likeness (QED) is 0.799. The van der Waals surface area contributed by atoms with E-state index in [9.17, 15) is 9.90 Å². The molecule has 3 rings (SSSR count). The molecule has 1 N–H and O–H groups in total. The van der Waals surface area contributed by atoms with Crippen molar-refractivity contribution in [1.29, 1.82) is 0 Å². The van der Waals surface area contributed by atoms with Crippen LogP contribution in [0.25, 0.3) is 6.08 Å². The maximum Gasteiger partial charge on any atom is 0.192 e. The van der Waals surface area contributed by atoms with E-state index in [1.165, 1.54) is 7.11 Å². The number of carbonyl (C=O) groups excluding carboxylic acids is 1. The molecule has 0 spiro atoms. The number of phenols is 1. The van der Waals surface area contributed by atoms with Gasteiger partial charge in [-0.15, -0.1) is 0 Å². The maximum atomic E-state index is 12.7. The average Bonchev–Trinajstić information content (AvgIpc) is 2.67. The number of ketones is 1. The number of rotatable bonds is 2. The fourth-order valence-electron chi connectivity index (χ4n) is 2.50. The van der Waals surface area contributed by atoms with E-state index in [-0.39, 0.29) is 11.5 Å². The van der Waals surface area contributed by atoms with Crippen LogP contribution in [0.3, 0.4) is 0 Å². The summed E-state index contributed by atoms with van der Waals surface area (Å²) in [4.78, 5) is 12.7. The van der Waals surface area contributed by atoms with Crippen molar-refractivity contribution in [3.63, 3.8) is 0 Å². The van der Waals surface area contributed by atoms with Gasteiger partial charge in [0, 0.05) is 16.5 Å². The van der Waals surface area contributed by atoms with Crippen molar-refractivity contribution >= 4 is 27.8 Å². The number of fused-ring (bicyclic) bond motifs is 1. The van der Waals surface area contributed by atoms with Crippen LogP contribution < -0.4 is 9.47 Å². The molecule has 0 aliphatic carbocycles. The lowest BCUT2D eigenvalue weighted by molar-refractivity contribution is 0.103. The molecule has 4 nitrogen and oxygen atoms in total. The lowest BCUT2D eigenvalue weighted by atomic mass is 9.99. The number of ether oxygens (including phenoxy) is 2. The molecule has 0 saturated carbocycles. The Morgan fingerprint density at radius 3 is 2.83 bits per heavy atom. The van der Waals surface area contributed by atoms with Crippen molar-refractivity contribution in [2.24, 2.45) is 0 Å². The Kier molecular flexibility index (Phi) is 4.39. The van der Waals surface area contributed by atoms with Crippen LogP contribution in [0.5, 0.6) is 17.2 Å². The zero-order valence-corrected chi connectivity index (χ0v) is 14.1. The lowest BCUT2D eigenvalue weighted by Crippen LogP contribution is -2.02. The van der Waals surface area contributed by atoms with E-state index in [0.29, 0.717) is 35.7 Å². The monoisotopic (exact) mass is 374 g/mol. The second-order valence-corrected chi connectivity index (χ2v) is 6.08. The van der Waals surface area contributed by atoms with Crippen molar-refractivity contribution in [1.82, 2.24) is 0 Å². The van der Waals surface area contributed by atoms with Crippen LogP contribution in [0.15, 0.2) is 46.4 Å². The first-order valence-corrected chi connectivity index (χ1v) is 7.92. The van der Waals surface area contributed by atoms with Gasteiger partial charge in [-0.2, -0.15) is 0 Å². The van der Waals surface area contributed by atoms with Crippen molar-refractivity contribution in [3.8, 4) is 17.2 Å². The van der Waals surface area contributed by atoms with Gasteiger partial charge in [-0.25, -0.2) is 0 Å². The van der Waals surface area contributed by atoms with E-state index in [1.807, 2.05) is 6.07 Å². The normalized spacial score (nSPS) is 15.7. The number of aromatic hydroxyl groups is 1. The van der Waals surface area contributed by atoms with Gasteiger partial charge in [0.15, 0.2) is 17.3 Å². The summed E-state index contributed by atoms with van der Waals surface area (Å²) in [5, 5.41) is 9.86. The minimum atomic E-state index is -0.0553. The Morgan fingerprint density at radius 2 is 2.09 bits per heavy atom. The first-order chi connectivity index (χ1) is 11.1. The van der Waals surface area contributed by atoms with Gasteiger partial charge in [0.2, 0.25) is 0 Å². The average molecular weight is 375 g/mol. The Bertz CT molecular complexity index is 796. The minimum Gasteiger partial charge on any atom is -0.504 e. The topological polar surface area (TPSA) is 55.8 Å². The van der Waals surface area contributed by atoms with Crippen LogP contribution >= 0.6 is 15.9 Å². The molecule has 23 heavy (non-hydrogen) atoms. The zero-order valence-electron chi connectivity index (χ0n) is 12.5. The molecule has 1 aliphatic rings. The predicted octanol–water partition coefficient (Wildman–Crippen LogP) is 4.21. The molecule has 2 aromatic carbocycles. The molecule has 1 heterocycles. The first-order valence-electron chi connectivity index (χ1n) is 7.13. The summed E-state index contributed by atoms with van der Waals surface area (Å²) in [5.74, 6) is 0.979. The van der Waals surface area contributed by atoms with Gasteiger partial charge in [-0.1, -0.05) is 22.0 Å². The van der Waals surface area contributed by atoms with E-state index in [1.54, 1.807) is 36.4 Å². The third-order valence-corrected chi connectivity index (χ3v) is 4.15. The number of halogens is 1. The molecular weight excluding hydrogens is 360 g/mol. The molecule has 1 aliphatic heterocycles. The Balaban J connectivity index is 1.98. The maximum absolute atomic E-state index is 12.7.